The van der Waals surface area contributed by atoms with Crippen LogP contribution in [0.15, 0.2) is 24.3 Å². The highest BCUT2D eigenvalue weighted by Crippen LogP contribution is 2.28. The second kappa shape index (κ2) is 6.80. The first-order valence-electron chi connectivity index (χ1n) is 7.32. The van der Waals surface area contributed by atoms with E-state index in [0.29, 0.717) is 6.04 Å². The average molecular weight is 262 g/mol. The first-order valence-corrected chi connectivity index (χ1v) is 7.32. The lowest BCUT2D eigenvalue weighted by Crippen LogP contribution is -2.45. The van der Waals surface area contributed by atoms with Gasteiger partial charge in [0.1, 0.15) is 5.75 Å². The van der Waals surface area contributed by atoms with Crippen molar-refractivity contribution < 1.29 is 4.74 Å². The number of rotatable bonds is 5. The van der Waals surface area contributed by atoms with Crippen LogP contribution in [0.25, 0.3) is 0 Å². The highest BCUT2D eigenvalue weighted by atomic mass is 16.5. The third-order valence-electron chi connectivity index (χ3n) is 4.17. The van der Waals surface area contributed by atoms with E-state index in [9.17, 15) is 0 Å². The summed E-state index contributed by atoms with van der Waals surface area (Å²) in [6.45, 7) is 4.50. The molecule has 19 heavy (non-hydrogen) atoms. The molecule has 1 saturated heterocycles. The molecule has 3 heteroatoms. The van der Waals surface area contributed by atoms with Crippen molar-refractivity contribution in [1.29, 1.82) is 0 Å². The van der Waals surface area contributed by atoms with Gasteiger partial charge in [-0.3, -0.25) is 0 Å². The summed E-state index contributed by atoms with van der Waals surface area (Å²) < 4.78 is 5.44. The van der Waals surface area contributed by atoms with Gasteiger partial charge in [0, 0.05) is 19.6 Å². The molecule has 0 aromatic heterocycles. The molecule has 0 radical (unpaired) electrons. The normalized spacial score (nSPS) is 23.1. The molecule has 1 aromatic rings. The van der Waals surface area contributed by atoms with Gasteiger partial charge in [0.2, 0.25) is 0 Å². The molecular weight excluding hydrogens is 236 g/mol. The Hall–Kier alpha value is -1.22. The number of anilines is 1. The molecule has 1 aliphatic heterocycles. The van der Waals surface area contributed by atoms with E-state index in [1.54, 1.807) is 7.11 Å². The first kappa shape index (κ1) is 14.2. The molecule has 1 aliphatic rings. The number of piperidine rings is 1. The van der Waals surface area contributed by atoms with Crippen LogP contribution >= 0.6 is 0 Å². The van der Waals surface area contributed by atoms with Crippen molar-refractivity contribution in [3.05, 3.63) is 24.3 Å². The van der Waals surface area contributed by atoms with Crippen LogP contribution in [0.3, 0.4) is 0 Å². The van der Waals surface area contributed by atoms with E-state index in [1.165, 1.54) is 24.9 Å². The van der Waals surface area contributed by atoms with Crippen LogP contribution in [0, 0.1) is 5.92 Å². The van der Waals surface area contributed by atoms with E-state index in [0.717, 1.165) is 24.8 Å². The predicted octanol–water partition coefficient (Wildman–Crippen LogP) is 2.91. The van der Waals surface area contributed by atoms with Gasteiger partial charge in [-0.1, -0.05) is 25.5 Å². The molecular formula is C16H26N2O. The molecule has 3 nitrogen and oxygen atoms in total. The van der Waals surface area contributed by atoms with E-state index in [4.69, 9.17) is 4.74 Å². The van der Waals surface area contributed by atoms with Crippen LogP contribution in [-0.2, 0) is 0 Å². The van der Waals surface area contributed by atoms with Crippen LogP contribution in [0.2, 0.25) is 0 Å². The number of hydrogen-bond donors (Lipinski definition) is 1. The molecule has 0 saturated carbocycles. The van der Waals surface area contributed by atoms with Crippen LogP contribution in [-0.4, -0.2) is 33.3 Å². The molecule has 2 unspecified atom stereocenters. The van der Waals surface area contributed by atoms with Crippen molar-refractivity contribution in [1.82, 2.24) is 5.32 Å². The molecule has 0 bridgehead atoms. The van der Waals surface area contributed by atoms with Gasteiger partial charge in [-0.2, -0.15) is 0 Å². The number of hydrogen-bond acceptors (Lipinski definition) is 3. The van der Waals surface area contributed by atoms with Crippen molar-refractivity contribution in [2.75, 3.05) is 32.1 Å². The van der Waals surface area contributed by atoms with E-state index >= 15 is 0 Å². The summed E-state index contributed by atoms with van der Waals surface area (Å²) >= 11 is 0. The Morgan fingerprint density at radius 1 is 1.37 bits per heavy atom. The fraction of sp³-hybridized carbons (Fsp3) is 0.625. The maximum absolute atomic E-state index is 5.44. The van der Waals surface area contributed by atoms with Crippen molar-refractivity contribution in [3.63, 3.8) is 0 Å². The van der Waals surface area contributed by atoms with E-state index in [2.05, 4.69) is 36.3 Å². The minimum absolute atomic E-state index is 0.591. The summed E-state index contributed by atoms with van der Waals surface area (Å²) in [7, 11) is 3.88. The molecule has 0 spiro atoms. The monoisotopic (exact) mass is 262 g/mol. The van der Waals surface area contributed by atoms with Crippen molar-refractivity contribution in [2.45, 2.75) is 32.2 Å². The van der Waals surface area contributed by atoms with Crippen molar-refractivity contribution in [3.8, 4) is 5.75 Å². The minimum Gasteiger partial charge on any atom is -0.495 e. The van der Waals surface area contributed by atoms with Gasteiger partial charge in [0.15, 0.2) is 0 Å². The van der Waals surface area contributed by atoms with Gasteiger partial charge in [-0.15, -0.1) is 0 Å². The average Bonchev–Trinajstić information content (AvgIpc) is 2.47. The first-order chi connectivity index (χ1) is 9.24. The quantitative estimate of drug-likeness (QED) is 0.883. The maximum Gasteiger partial charge on any atom is 0.142 e. The molecule has 0 amide bonds. The molecule has 1 N–H and O–H groups in total. The summed E-state index contributed by atoms with van der Waals surface area (Å²) in [5.74, 6) is 1.84. The molecule has 2 atom stereocenters. The highest BCUT2D eigenvalue weighted by molar-refractivity contribution is 5.57. The SMILES string of the molecule is CCC1CCNC(CN(C)c2ccccc2OC)C1. The van der Waals surface area contributed by atoms with Crippen LogP contribution in [0.1, 0.15) is 26.2 Å². The predicted molar refractivity (Wildman–Crippen MR) is 81.1 cm³/mol. The van der Waals surface area contributed by atoms with Gasteiger partial charge in [0.05, 0.1) is 12.8 Å². The maximum atomic E-state index is 5.44. The van der Waals surface area contributed by atoms with Gasteiger partial charge in [0.25, 0.3) is 0 Å². The van der Waals surface area contributed by atoms with Crippen LogP contribution in [0.5, 0.6) is 5.75 Å². The molecule has 1 heterocycles. The number of nitrogens with one attached hydrogen (secondary N) is 1. The summed E-state index contributed by atoms with van der Waals surface area (Å²) in [4.78, 5) is 2.30. The minimum atomic E-state index is 0.591. The highest BCUT2D eigenvalue weighted by Gasteiger charge is 2.22. The zero-order valence-electron chi connectivity index (χ0n) is 12.4. The second-order valence-corrected chi connectivity index (χ2v) is 5.50. The smallest absolute Gasteiger partial charge is 0.142 e. The van der Waals surface area contributed by atoms with Gasteiger partial charge in [-0.05, 0) is 37.4 Å². The molecule has 2 rings (SSSR count). The summed E-state index contributed by atoms with van der Waals surface area (Å²) in [6.07, 6.45) is 3.91. The van der Waals surface area contributed by atoms with Gasteiger partial charge in [-0.25, -0.2) is 0 Å². The fourth-order valence-corrected chi connectivity index (χ4v) is 2.98. The van der Waals surface area contributed by atoms with Crippen LogP contribution in [0.4, 0.5) is 5.69 Å². The zero-order chi connectivity index (χ0) is 13.7. The number of likely N-dealkylation sites (N-methyl/N-ethyl adjacent to an activating group) is 1. The van der Waals surface area contributed by atoms with Crippen LogP contribution < -0.4 is 15.0 Å². The third-order valence-corrected chi connectivity index (χ3v) is 4.17. The lowest BCUT2D eigenvalue weighted by Gasteiger charge is -2.33. The molecule has 1 fully saturated rings. The Morgan fingerprint density at radius 3 is 2.89 bits per heavy atom. The Bertz CT molecular complexity index is 394. The summed E-state index contributed by atoms with van der Waals surface area (Å²) in [5, 5.41) is 3.64. The number of benzene rings is 1. The largest absolute Gasteiger partial charge is 0.495 e. The number of nitrogens with zero attached hydrogens (tertiary/aromatic N) is 1. The summed E-state index contributed by atoms with van der Waals surface area (Å²) in [6, 6.07) is 8.82. The van der Waals surface area contributed by atoms with E-state index in [1.807, 2.05) is 12.1 Å². The Labute approximate surface area is 116 Å². The number of para-hydroxylation sites is 2. The fourth-order valence-electron chi connectivity index (χ4n) is 2.98. The molecule has 0 aliphatic carbocycles. The molecule has 1 aromatic carbocycles. The Balaban J connectivity index is 1.98. The molecule has 106 valence electrons. The Morgan fingerprint density at radius 2 is 2.16 bits per heavy atom. The lowest BCUT2D eigenvalue weighted by atomic mass is 9.90. The van der Waals surface area contributed by atoms with E-state index in [-0.39, 0.29) is 0 Å². The number of methoxy groups -OCH3 is 1. The lowest BCUT2D eigenvalue weighted by molar-refractivity contribution is 0.297. The van der Waals surface area contributed by atoms with Crippen molar-refractivity contribution in [2.24, 2.45) is 5.92 Å². The van der Waals surface area contributed by atoms with Crippen molar-refractivity contribution >= 4 is 5.69 Å². The van der Waals surface area contributed by atoms with E-state index < -0.39 is 0 Å². The number of ether oxygens (including phenoxy) is 1. The topological polar surface area (TPSA) is 24.5 Å². The standard InChI is InChI=1S/C16H26N2O/c1-4-13-9-10-17-14(11-13)12-18(2)15-7-5-6-8-16(15)19-3/h5-8,13-14,17H,4,9-12H2,1-3H3. The van der Waals surface area contributed by atoms with Gasteiger partial charge >= 0.3 is 0 Å². The zero-order valence-corrected chi connectivity index (χ0v) is 12.4. The summed E-state index contributed by atoms with van der Waals surface area (Å²) in [5.41, 5.74) is 1.17. The third kappa shape index (κ3) is 3.63. The Kier molecular flexibility index (Phi) is 5.08. The second-order valence-electron chi connectivity index (χ2n) is 5.50. The van der Waals surface area contributed by atoms with Gasteiger partial charge < -0.3 is 15.0 Å².